The number of aromatic nitrogens is 2. The molecule has 102 valence electrons. The number of nitrogens with one attached hydrogen (secondary N) is 1. The molecule has 6 heteroatoms. The molecule has 0 radical (unpaired) electrons. The van der Waals surface area contributed by atoms with Gasteiger partial charge in [-0.3, -0.25) is 0 Å². The van der Waals surface area contributed by atoms with Crippen molar-refractivity contribution in [2.24, 2.45) is 0 Å². The Labute approximate surface area is 113 Å². The van der Waals surface area contributed by atoms with Crippen LogP contribution in [0.15, 0.2) is 30.9 Å². The van der Waals surface area contributed by atoms with E-state index < -0.39 is 11.7 Å². The molecule has 0 spiro atoms. The fourth-order valence-corrected chi connectivity index (χ4v) is 2.48. The SMILES string of the molecule is C=CCC(C)n1c(=S)[nH]c2cc(C(F)(F)F)ccc21. The largest absolute Gasteiger partial charge is 0.416 e. The Hall–Kier alpha value is -1.56. The van der Waals surface area contributed by atoms with Crippen LogP contribution in [-0.4, -0.2) is 9.55 Å². The monoisotopic (exact) mass is 286 g/mol. The minimum Gasteiger partial charge on any atom is -0.331 e. The molecule has 0 aliphatic carbocycles. The van der Waals surface area contributed by atoms with E-state index >= 15 is 0 Å². The van der Waals surface area contributed by atoms with E-state index in [1.165, 1.54) is 6.07 Å². The number of imidazole rings is 1. The molecule has 0 aliphatic heterocycles. The predicted octanol–water partition coefficient (Wildman–Crippen LogP) is 4.85. The first kappa shape index (κ1) is 13.9. The summed E-state index contributed by atoms with van der Waals surface area (Å²) in [6, 6.07) is 3.66. The van der Waals surface area contributed by atoms with Crippen molar-refractivity contribution in [1.82, 2.24) is 9.55 Å². The summed E-state index contributed by atoms with van der Waals surface area (Å²) < 4.78 is 40.2. The molecule has 1 unspecified atom stereocenters. The van der Waals surface area contributed by atoms with Crippen LogP contribution in [0.3, 0.4) is 0 Å². The number of alkyl halides is 3. The number of rotatable bonds is 3. The fourth-order valence-electron chi connectivity index (χ4n) is 2.09. The lowest BCUT2D eigenvalue weighted by molar-refractivity contribution is -0.137. The Balaban J connectivity index is 2.60. The number of H-pyrrole nitrogens is 1. The van der Waals surface area contributed by atoms with Crippen molar-refractivity contribution in [3.8, 4) is 0 Å². The summed E-state index contributed by atoms with van der Waals surface area (Å²) in [5.41, 5.74) is 0.392. The van der Waals surface area contributed by atoms with Gasteiger partial charge in [-0.1, -0.05) is 6.08 Å². The summed E-state index contributed by atoms with van der Waals surface area (Å²) in [4.78, 5) is 2.82. The van der Waals surface area contributed by atoms with E-state index in [1.54, 1.807) is 6.08 Å². The van der Waals surface area contributed by atoms with Gasteiger partial charge >= 0.3 is 6.18 Å². The maximum atomic E-state index is 12.6. The molecule has 1 N–H and O–H groups in total. The van der Waals surface area contributed by atoms with Crippen molar-refractivity contribution in [2.45, 2.75) is 25.6 Å². The number of hydrogen-bond donors (Lipinski definition) is 1. The maximum Gasteiger partial charge on any atom is 0.416 e. The highest BCUT2D eigenvalue weighted by Gasteiger charge is 2.30. The van der Waals surface area contributed by atoms with Gasteiger partial charge in [0.1, 0.15) is 0 Å². The number of nitrogens with zero attached hydrogens (tertiary/aromatic N) is 1. The first-order chi connectivity index (χ1) is 8.84. The molecule has 0 saturated heterocycles. The van der Waals surface area contributed by atoms with Crippen LogP contribution in [-0.2, 0) is 6.18 Å². The van der Waals surface area contributed by atoms with Gasteiger partial charge in [-0.15, -0.1) is 6.58 Å². The van der Waals surface area contributed by atoms with Gasteiger partial charge in [-0.05, 0) is 43.8 Å². The molecule has 1 aromatic heterocycles. The highest BCUT2D eigenvalue weighted by molar-refractivity contribution is 7.71. The summed E-state index contributed by atoms with van der Waals surface area (Å²) >= 11 is 5.17. The van der Waals surface area contributed by atoms with Crippen LogP contribution in [0, 0.1) is 4.77 Å². The summed E-state index contributed by atoms with van der Waals surface area (Å²) in [6.45, 7) is 5.61. The lowest BCUT2D eigenvalue weighted by Gasteiger charge is -2.12. The minimum absolute atomic E-state index is 0.0514. The number of benzene rings is 1. The summed E-state index contributed by atoms with van der Waals surface area (Å²) in [6.07, 6.45) is -1.89. The normalized spacial score (nSPS) is 13.7. The summed E-state index contributed by atoms with van der Waals surface area (Å²) in [5, 5.41) is 0. The van der Waals surface area contributed by atoms with E-state index in [1.807, 2.05) is 11.5 Å². The van der Waals surface area contributed by atoms with Gasteiger partial charge in [0.2, 0.25) is 0 Å². The average molecular weight is 286 g/mol. The highest BCUT2D eigenvalue weighted by atomic mass is 32.1. The Bertz CT molecular complexity index is 667. The van der Waals surface area contributed by atoms with Crippen molar-refractivity contribution >= 4 is 23.3 Å². The lowest BCUT2D eigenvalue weighted by Crippen LogP contribution is -2.06. The van der Waals surface area contributed by atoms with Gasteiger partial charge in [0.05, 0.1) is 16.6 Å². The minimum atomic E-state index is -4.35. The van der Waals surface area contributed by atoms with E-state index in [9.17, 15) is 13.2 Å². The Kier molecular flexibility index (Phi) is 3.54. The smallest absolute Gasteiger partial charge is 0.331 e. The van der Waals surface area contributed by atoms with Crippen molar-refractivity contribution in [3.05, 3.63) is 41.2 Å². The zero-order valence-electron chi connectivity index (χ0n) is 10.3. The first-order valence-electron chi connectivity index (χ1n) is 5.77. The quantitative estimate of drug-likeness (QED) is 0.631. The van der Waals surface area contributed by atoms with Crippen LogP contribution < -0.4 is 0 Å². The van der Waals surface area contributed by atoms with Crippen molar-refractivity contribution in [1.29, 1.82) is 0 Å². The van der Waals surface area contributed by atoms with Gasteiger partial charge in [-0.2, -0.15) is 13.2 Å². The standard InChI is InChI=1S/C13H13F3N2S/c1-3-4-8(2)18-11-6-5-9(13(14,15)16)7-10(11)17-12(18)19/h3,5-8H,1,4H2,2H3,(H,17,19). The molecular formula is C13H13F3N2S. The molecule has 0 amide bonds. The van der Waals surface area contributed by atoms with E-state index in [-0.39, 0.29) is 6.04 Å². The molecule has 0 bridgehead atoms. The molecule has 19 heavy (non-hydrogen) atoms. The first-order valence-corrected chi connectivity index (χ1v) is 6.17. The molecule has 0 fully saturated rings. The zero-order valence-corrected chi connectivity index (χ0v) is 11.1. The third kappa shape index (κ3) is 2.58. The molecule has 1 atom stereocenters. The molecule has 2 rings (SSSR count). The van der Waals surface area contributed by atoms with Crippen molar-refractivity contribution < 1.29 is 13.2 Å². The number of hydrogen-bond acceptors (Lipinski definition) is 1. The summed E-state index contributed by atoms with van der Waals surface area (Å²) in [5.74, 6) is 0. The molecular weight excluding hydrogens is 273 g/mol. The van der Waals surface area contributed by atoms with E-state index in [0.717, 1.165) is 12.1 Å². The van der Waals surface area contributed by atoms with Gasteiger partial charge < -0.3 is 9.55 Å². The maximum absolute atomic E-state index is 12.6. The molecule has 2 aromatic rings. The van der Waals surface area contributed by atoms with Gasteiger partial charge in [0.25, 0.3) is 0 Å². The second-order valence-electron chi connectivity index (χ2n) is 4.40. The lowest BCUT2D eigenvalue weighted by atomic mass is 10.1. The second kappa shape index (κ2) is 4.85. The van der Waals surface area contributed by atoms with Crippen molar-refractivity contribution in [3.63, 3.8) is 0 Å². The highest BCUT2D eigenvalue weighted by Crippen LogP contribution is 2.32. The van der Waals surface area contributed by atoms with E-state index in [2.05, 4.69) is 11.6 Å². The van der Waals surface area contributed by atoms with Crippen LogP contribution in [0.2, 0.25) is 0 Å². The fraction of sp³-hybridized carbons (Fsp3) is 0.308. The number of aromatic amines is 1. The van der Waals surface area contributed by atoms with Gasteiger partial charge in [-0.25, -0.2) is 0 Å². The number of allylic oxidation sites excluding steroid dienone is 1. The average Bonchev–Trinajstić information content (AvgIpc) is 2.62. The second-order valence-corrected chi connectivity index (χ2v) is 4.79. The van der Waals surface area contributed by atoms with E-state index in [4.69, 9.17) is 12.2 Å². The van der Waals surface area contributed by atoms with Crippen LogP contribution in [0.5, 0.6) is 0 Å². The van der Waals surface area contributed by atoms with Crippen molar-refractivity contribution in [2.75, 3.05) is 0 Å². The Morgan fingerprint density at radius 1 is 1.47 bits per heavy atom. The Morgan fingerprint density at radius 2 is 2.16 bits per heavy atom. The predicted molar refractivity (Wildman–Crippen MR) is 71.6 cm³/mol. The Morgan fingerprint density at radius 3 is 2.74 bits per heavy atom. The summed E-state index contributed by atoms with van der Waals surface area (Å²) in [7, 11) is 0. The number of fused-ring (bicyclic) bond motifs is 1. The topological polar surface area (TPSA) is 20.7 Å². The van der Waals surface area contributed by atoms with Crippen LogP contribution in [0.4, 0.5) is 13.2 Å². The van der Waals surface area contributed by atoms with Crippen LogP contribution in [0.25, 0.3) is 11.0 Å². The van der Waals surface area contributed by atoms with Crippen LogP contribution >= 0.6 is 12.2 Å². The molecule has 1 heterocycles. The third-order valence-electron chi connectivity index (χ3n) is 2.99. The zero-order chi connectivity index (χ0) is 14.2. The van der Waals surface area contributed by atoms with Crippen LogP contribution in [0.1, 0.15) is 24.9 Å². The third-order valence-corrected chi connectivity index (χ3v) is 3.29. The molecule has 2 nitrogen and oxygen atoms in total. The van der Waals surface area contributed by atoms with E-state index in [0.29, 0.717) is 22.2 Å². The number of halogens is 3. The molecule has 0 aliphatic rings. The van der Waals surface area contributed by atoms with Gasteiger partial charge in [0, 0.05) is 6.04 Å². The van der Waals surface area contributed by atoms with Gasteiger partial charge in [0.15, 0.2) is 4.77 Å². The molecule has 0 saturated carbocycles. The molecule has 1 aromatic carbocycles.